The fourth-order valence-electron chi connectivity index (χ4n) is 4.69. The van der Waals surface area contributed by atoms with Crippen LogP contribution in [0.15, 0.2) is 48.5 Å². The minimum absolute atomic E-state index is 0.146. The fraction of sp³-hybridized carbons (Fsp3) is 0.429. The van der Waals surface area contributed by atoms with Crippen LogP contribution < -0.4 is 14.8 Å². The molecule has 1 N–H and O–H groups in total. The molecule has 1 unspecified atom stereocenters. The number of rotatable bonds is 9. The van der Waals surface area contributed by atoms with Crippen LogP contribution in [0.1, 0.15) is 50.2 Å². The highest BCUT2D eigenvalue weighted by atomic mass is 16.5. The van der Waals surface area contributed by atoms with Gasteiger partial charge in [-0.15, -0.1) is 0 Å². The molecule has 7 heteroatoms. The zero-order valence-corrected chi connectivity index (χ0v) is 21.3. The molecule has 2 amide bonds. The lowest BCUT2D eigenvalue weighted by molar-refractivity contribution is -0.133. The van der Waals surface area contributed by atoms with Gasteiger partial charge in [-0.3, -0.25) is 9.59 Å². The van der Waals surface area contributed by atoms with Crippen molar-refractivity contribution in [2.75, 3.05) is 20.3 Å². The Morgan fingerprint density at radius 3 is 2.63 bits per heavy atom. The first-order valence-electron chi connectivity index (χ1n) is 12.3. The van der Waals surface area contributed by atoms with Crippen molar-refractivity contribution in [3.05, 3.63) is 59.8 Å². The predicted octanol–water partition coefficient (Wildman–Crippen LogP) is 4.63. The van der Waals surface area contributed by atoms with Gasteiger partial charge < -0.3 is 24.3 Å². The van der Waals surface area contributed by atoms with Crippen LogP contribution in [-0.2, 0) is 17.9 Å². The summed E-state index contributed by atoms with van der Waals surface area (Å²) in [6, 6.07) is 15.5. The lowest BCUT2D eigenvalue weighted by atomic mass is 9.93. The minimum Gasteiger partial charge on any atom is -0.493 e. The third-order valence-electron chi connectivity index (χ3n) is 6.70. The predicted molar refractivity (Wildman–Crippen MR) is 137 cm³/mol. The van der Waals surface area contributed by atoms with Gasteiger partial charge in [0.25, 0.3) is 5.91 Å². The van der Waals surface area contributed by atoms with E-state index in [0.717, 1.165) is 22.9 Å². The molecule has 1 aromatic heterocycles. The number of benzene rings is 2. The number of carbonyl (C=O) groups is 2. The Kier molecular flexibility index (Phi) is 7.05. The lowest BCUT2D eigenvalue weighted by Gasteiger charge is -2.44. The Morgan fingerprint density at radius 2 is 1.91 bits per heavy atom. The number of nitrogens with zero attached hydrogens (tertiary/aromatic N) is 2. The molecule has 0 saturated heterocycles. The van der Waals surface area contributed by atoms with Crippen molar-refractivity contribution in [1.29, 1.82) is 0 Å². The summed E-state index contributed by atoms with van der Waals surface area (Å²) in [5.41, 5.74) is 1.36. The number of hydrogen-bond donors (Lipinski definition) is 1. The zero-order valence-electron chi connectivity index (χ0n) is 21.3. The van der Waals surface area contributed by atoms with Gasteiger partial charge in [0.05, 0.1) is 20.3 Å². The van der Waals surface area contributed by atoms with E-state index in [-0.39, 0.29) is 18.4 Å². The Labute approximate surface area is 207 Å². The number of para-hydroxylation sites is 1. The number of nitrogens with one attached hydrogen (secondary N) is 1. The maximum absolute atomic E-state index is 13.9. The van der Waals surface area contributed by atoms with Crippen LogP contribution >= 0.6 is 0 Å². The van der Waals surface area contributed by atoms with E-state index in [1.54, 1.807) is 12.0 Å². The third-order valence-corrected chi connectivity index (χ3v) is 6.70. The monoisotopic (exact) mass is 477 g/mol. The van der Waals surface area contributed by atoms with Gasteiger partial charge in [0, 0.05) is 24.0 Å². The molecule has 2 heterocycles. The molecular formula is C28H35N3O4. The van der Waals surface area contributed by atoms with Crippen molar-refractivity contribution >= 4 is 22.7 Å². The van der Waals surface area contributed by atoms with E-state index in [4.69, 9.17) is 9.47 Å². The van der Waals surface area contributed by atoms with Gasteiger partial charge in [0.1, 0.15) is 11.2 Å². The molecular weight excluding hydrogens is 442 g/mol. The highest BCUT2D eigenvalue weighted by Gasteiger charge is 2.47. The molecule has 0 aliphatic carbocycles. The van der Waals surface area contributed by atoms with Gasteiger partial charge in [-0.1, -0.05) is 38.1 Å². The summed E-state index contributed by atoms with van der Waals surface area (Å²) in [7, 11) is 1.60. The standard InChI is InChI=1S/C28H35N3O4/c1-6-35-24-12-11-20(15-25(24)34-5)17-31-26(32)23-16-21-9-7-8-10-22(21)30(23)18-28(31,4)27(33)29-14-13-19(2)3/h7-12,15-16,19H,6,13-14,17-18H2,1-5H3,(H,29,33). The van der Waals surface area contributed by atoms with Crippen LogP contribution in [0.3, 0.4) is 0 Å². The summed E-state index contributed by atoms with van der Waals surface area (Å²) in [5.74, 6) is 1.42. The summed E-state index contributed by atoms with van der Waals surface area (Å²) < 4.78 is 13.1. The van der Waals surface area contributed by atoms with Crippen LogP contribution in [0.2, 0.25) is 0 Å². The van der Waals surface area contributed by atoms with Crippen molar-refractivity contribution < 1.29 is 19.1 Å². The van der Waals surface area contributed by atoms with Gasteiger partial charge >= 0.3 is 0 Å². The normalized spacial score (nSPS) is 17.5. The van der Waals surface area contributed by atoms with Gasteiger partial charge in [-0.2, -0.15) is 0 Å². The highest BCUT2D eigenvalue weighted by molar-refractivity contribution is 6.03. The molecule has 1 aliphatic heterocycles. The van der Waals surface area contributed by atoms with Crippen LogP contribution in [0.25, 0.3) is 10.9 Å². The van der Waals surface area contributed by atoms with E-state index in [1.165, 1.54) is 0 Å². The van der Waals surface area contributed by atoms with Crippen molar-refractivity contribution in [2.24, 2.45) is 5.92 Å². The van der Waals surface area contributed by atoms with E-state index in [1.807, 2.05) is 66.9 Å². The summed E-state index contributed by atoms with van der Waals surface area (Å²) in [6.07, 6.45) is 0.879. The number of amides is 2. The summed E-state index contributed by atoms with van der Waals surface area (Å²) in [6.45, 7) is 9.79. The second-order valence-corrected chi connectivity index (χ2v) is 9.70. The Bertz CT molecular complexity index is 1230. The smallest absolute Gasteiger partial charge is 0.271 e. The number of ether oxygens (including phenoxy) is 2. The van der Waals surface area contributed by atoms with Crippen molar-refractivity contribution in [3.63, 3.8) is 0 Å². The Balaban J connectivity index is 1.73. The molecule has 0 saturated carbocycles. The highest BCUT2D eigenvalue weighted by Crippen LogP contribution is 2.35. The molecule has 0 radical (unpaired) electrons. The van der Waals surface area contributed by atoms with E-state index in [9.17, 15) is 9.59 Å². The summed E-state index contributed by atoms with van der Waals surface area (Å²) in [5, 5.41) is 4.08. The SMILES string of the molecule is CCOc1ccc(CN2C(=O)c3cc4ccccc4n3CC2(C)C(=O)NCCC(C)C)cc1OC. The summed E-state index contributed by atoms with van der Waals surface area (Å²) >= 11 is 0. The van der Waals surface area contributed by atoms with Crippen molar-refractivity contribution in [2.45, 2.75) is 52.7 Å². The van der Waals surface area contributed by atoms with Crippen LogP contribution in [0.5, 0.6) is 11.5 Å². The molecule has 0 spiro atoms. The van der Waals surface area contributed by atoms with Gasteiger partial charge in [-0.25, -0.2) is 0 Å². The maximum Gasteiger partial charge on any atom is 0.271 e. The molecule has 0 fully saturated rings. The summed E-state index contributed by atoms with van der Waals surface area (Å²) in [4.78, 5) is 29.2. The minimum atomic E-state index is -1.06. The first-order chi connectivity index (χ1) is 16.8. The quantitative estimate of drug-likeness (QED) is 0.488. The second kappa shape index (κ2) is 10.0. The van der Waals surface area contributed by atoms with E-state index < -0.39 is 5.54 Å². The number of fused-ring (bicyclic) bond motifs is 3. The van der Waals surface area contributed by atoms with Crippen LogP contribution in [0.4, 0.5) is 0 Å². The van der Waals surface area contributed by atoms with Crippen molar-refractivity contribution in [1.82, 2.24) is 14.8 Å². The van der Waals surface area contributed by atoms with Gasteiger partial charge in [0.15, 0.2) is 11.5 Å². The first-order valence-corrected chi connectivity index (χ1v) is 12.3. The Morgan fingerprint density at radius 1 is 1.14 bits per heavy atom. The number of methoxy groups -OCH3 is 1. The molecule has 0 bridgehead atoms. The average Bonchev–Trinajstić information content (AvgIpc) is 3.21. The molecule has 35 heavy (non-hydrogen) atoms. The van der Waals surface area contributed by atoms with E-state index in [2.05, 4.69) is 19.2 Å². The lowest BCUT2D eigenvalue weighted by Crippen LogP contribution is -2.63. The van der Waals surface area contributed by atoms with Crippen molar-refractivity contribution in [3.8, 4) is 11.5 Å². The second-order valence-electron chi connectivity index (χ2n) is 9.70. The molecule has 2 aromatic carbocycles. The molecule has 4 rings (SSSR count). The fourth-order valence-corrected chi connectivity index (χ4v) is 4.69. The Hall–Kier alpha value is -3.48. The van der Waals surface area contributed by atoms with E-state index >= 15 is 0 Å². The van der Waals surface area contributed by atoms with E-state index in [0.29, 0.717) is 42.8 Å². The molecule has 7 nitrogen and oxygen atoms in total. The van der Waals surface area contributed by atoms with Crippen LogP contribution in [0, 0.1) is 5.92 Å². The zero-order chi connectivity index (χ0) is 25.2. The first kappa shape index (κ1) is 24.6. The molecule has 186 valence electrons. The molecule has 1 aliphatic rings. The topological polar surface area (TPSA) is 72.8 Å². The molecule has 1 atom stereocenters. The maximum atomic E-state index is 13.9. The third kappa shape index (κ3) is 4.72. The number of aromatic nitrogens is 1. The molecule has 3 aromatic rings. The largest absolute Gasteiger partial charge is 0.493 e. The average molecular weight is 478 g/mol. The van der Waals surface area contributed by atoms with Gasteiger partial charge in [0.2, 0.25) is 5.91 Å². The number of hydrogen-bond acceptors (Lipinski definition) is 4. The number of carbonyl (C=O) groups excluding carboxylic acids is 2. The van der Waals surface area contributed by atoms with Crippen LogP contribution in [-0.4, -0.2) is 47.1 Å². The van der Waals surface area contributed by atoms with Gasteiger partial charge in [-0.05, 0) is 56.0 Å².